The number of carbonyl (C=O) groups is 1. The molecule has 0 heterocycles. The predicted octanol–water partition coefficient (Wildman–Crippen LogP) is 3.63. The zero-order valence-corrected chi connectivity index (χ0v) is 12.1. The topological polar surface area (TPSA) is 40.5 Å². The lowest BCUT2D eigenvalue weighted by Crippen LogP contribution is -2.41. The molecule has 0 aromatic heterocycles. The fraction of sp³-hybridized carbons (Fsp3) is 0.562. The maximum atomic E-state index is 12.8. The Bertz CT molecular complexity index is 476. The fourth-order valence-electron chi connectivity index (χ4n) is 3.01. The van der Waals surface area contributed by atoms with Crippen LogP contribution < -0.4 is 4.90 Å². The Morgan fingerprint density at radius 2 is 2.00 bits per heavy atom. The largest absolute Gasteiger partial charge is 0.508 e. The molecule has 1 amide bonds. The summed E-state index contributed by atoms with van der Waals surface area (Å²) in [6.45, 7) is 6.67. The highest BCUT2D eigenvalue weighted by atomic mass is 16.3. The number of benzene rings is 1. The van der Waals surface area contributed by atoms with E-state index >= 15 is 0 Å². The summed E-state index contributed by atoms with van der Waals surface area (Å²) in [5.74, 6) is 0.407. The van der Waals surface area contributed by atoms with Gasteiger partial charge in [0.15, 0.2) is 0 Å². The van der Waals surface area contributed by atoms with Crippen LogP contribution in [-0.4, -0.2) is 17.6 Å². The summed E-state index contributed by atoms with van der Waals surface area (Å²) in [5.41, 5.74) is 1.63. The molecule has 0 radical (unpaired) electrons. The molecule has 0 aliphatic heterocycles. The molecule has 0 saturated heterocycles. The third-order valence-corrected chi connectivity index (χ3v) is 4.27. The Morgan fingerprint density at radius 1 is 1.37 bits per heavy atom. The van der Waals surface area contributed by atoms with E-state index in [0.29, 0.717) is 6.54 Å². The van der Waals surface area contributed by atoms with Gasteiger partial charge in [0.25, 0.3) is 0 Å². The van der Waals surface area contributed by atoms with E-state index in [0.717, 1.165) is 36.9 Å². The highest BCUT2D eigenvalue weighted by molar-refractivity contribution is 5.98. The number of hydrogen-bond acceptors (Lipinski definition) is 2. The lowest BCUT2D eigenvalue weighted by atomic mass is 9.86. The van der Waals surface area contributed by atoms with Crippen LogP contribution in [0.2, 0.25) is 0 Å². The van der Waals surface area contributed by atoms with Crippen molar-refractivity contribution < 1.29 is 9.90 Å². The number of phenolic OH excluding ortho intramolecular Hbond substituents is 1. The van der Waals surface area contributed by atoms with Gasteiger partial charge in [-0.1, -0.05) is 25.8 Å². The molecule has 104 valence electrons. The summed E-state index contributed by atoms with van der Waals surface area (Å²) in [6.07, 6.45) is 4.22. The molecule has 0 unspecified atom stereocenters. The van der Waals surface area contributed by atoms with Crippen LogP contribution in [0.5, 0.6) is 5.75 Å². The molecule has 1 aromatic rings. The molecule has 1 aliphatic carbocycles. The van der Waals surface area contributed by atoms with Crippen molar-refractivity contribution in [2.45, 2.75) is 46.5 Å². The van der Waals surface area contributed by atoms with Crippen LogP contribution in [0.4, 0.5) is 5.69 Å². The van der Waals surface area contributed by atoms with E-state index in [1.165, 1.54) is 0 Å². The van der Waals surface area contributed by atoms with Gasteiger partial charge < -0.3 is 10.0 Å². The Labute approximate surface area is 115 Å². The van der Waals surface area contributed by atoms with Crippen LogP contribution in [0.1, 0.15) is 45.1 Å². The molecular weight excluding hydrogens is 238 g/mol. The summed E-state index contributed by atoms with van der Waals surface area (Å²) in [4.78, 5) is 14.6. The average Bonchev–Trinajstić information content (AvgIpc) is 2.82. The van der Waals surface area contributed by atoms with Gasteiger partial charge in [-0.15, -0.1) is 0 Å². The van der Waals surface area contributed by atoms with Crippen molar-refractivity contribution in [3.63, 3.8) is 0 Å². The van der Waals surface area contributed by atoms with E-state index in [1.54, 1.807) is 12.1 Å². The van der Waals surface area contributed by atoms with Crippen LogP contribution in [0.3, 0.4) is 0 Å². The van der Waals surface area contributed by atoms with E-state index in [9.17, 15) is 9.90 Å². The summed E-state index contributed by atoms with van der Waals surface area (Å²) in [6, 6.07) is 5.21. The van der Waals surface area contributed by atoms with Gasteiger partial charge in [0.05, 0.1) is 5.69 Å². The zero-order chi connectivity index (χ0) is 14.0. The zero-order valence-electron chi connectivity index (χ0n) is 12.1. The molecule has 1 saturated carbocycles. The van der Waals surface area contributed by atoms with Crippen molar-refractivity contribution in [2.75, 3.05) is 11.4 Å². The van der Waals surface area contributed by atoms with Crippen LogP contribution >= 0.6 is 0 Å². The lowest BCUT2D eigenvalue weighted by molar-refractivity contribution is -0.127. The van der Waals surface area contributed by atoms with Crippen molar-refractivity contribution >= 4 is 11.6 Å². The number of hydrogen-bond donors (Lipinski definition) is 1. The van der Waals surface area contributed by atoms with Gasteiger partial charge in [0, 0.05) is 18.0 Å². The number of phenols is 1. The van der Waals surface area contributed by atoms with E-state index in [4.69, 9.17) is 0 Å². The first-order valence-electron chi connectivity index (χ1n) is 7.09. The van der Waals surface area contributed by atoms with Gasteiger partial charge in [-0.05, 0) is 38.3 Å². The third-order valence-electron chi connectivity index (χ3n) is 4.27. The Kier molecular flexibility index (Phi) is 3.83. The molecule has 0 bridgehead atoms. The van der Waals surface area contributed by atoms with Crippen molar-refractivity contribution in [3.05, 3.63) is 23.8 Å². The molecule has 3 nitrogen and oxygen atoms in total. The minimum absolute atomic E-state index is 0.196. The second-order valence-corrected chi connectivity index (χ2v) is 5.79. The number of amides is 1. The highest BCUT2D eigenvalue weighted by Crippen LogP contribution is 2.40. The molecule has 3 heteroatoms. The Balaban J connectivity index is 2.34. The second-order valence-electron chi connectivity index (χ2n) is 5.79. The number of nitrogens with zero attached hydrogens (tertiary/aromatic N) is 1. The summed E-state index contributed by atoms with van der Waals surface area (Å²) >= 11 is 0. The highest BCUT2D eigenvalue weighted by Gasteiger charge is 2.39. The Hall–Kier alpha value is -1.51. The summed E-state index contributed by atoms with van der Waals surface area (Å²) in [5, 5.41) is 9.66. The van der Waals surface area contributed by atoms with Crippen molar-refractivity contribution in [1.82, 2.24) is 0 Å². The maximum Gasteiger partial charge on any atom is 0.232 e. The summed E-state index contributed by atoms with van der Waals surface area (Å²) < 4.78 is 0. The van der Waals surface area contributed by atoms with Gasteiger partial charge in [-0.25, -0.2) is 0 Å². The van der Waals surface area contributed by atoms with E-state index < -0.39 is 0 Å². The standard InChI is InChI=1S/C16H23NO2/c1-4-17(14-11-13(18)8-7-12(14)2)15(19)16(3)9-5-6-10-16/h7-8,11,18H,4-6,9-10H2,1-3H3. The van der Waals surface area contributed by atoms with Gasteiger partial charge in [-0.3, -0.25) is 4.79 Å². The first-order valence-corrected chi connectivity index (χ1v) is 7.09. The van der Waals surface area contributed by atoms with E-state index in [1.807, 2.05) is 24.8 Å². The minimum atomic E-state index is -0.228. The van der Waals surface area contributed by atoms with Crippen molar-refractivity contribution in [2.24, 2.45) is 5.41 Å². The molecule has 2 rings (SSSR count). The molecule has 1 aliphatic rings. The molecule has 0 spiro atoms. The van der Waals surface area contributed by atoms with Crippen LogP contribution in [0.15, 0.2) is 18.2 Å². The Morgan fingerprint density at radius 3 is 2.58 bits per heavy atom. The van der Waals surface area contributed by atoms with Gasteiger partial charge in [-0.2, -0.15) is 0 Å². The number of aromatic hydroxyl groups is 1. The third kappa shape index (κ3) is 2.60. The normalized spacial score (nSPS) is 17.4. The number of aryl methyl sites for hydroxylation is 1. The maximum absolute atomic E-state index is 12.8. The van der Waals surface area contributed by atoms with Gasteiger partial charge in [0.2, 0.25) is 5.91 Å². The molecule has 1 N–H and O–H groups in total. The average molecular weight is 261 g/mol. The number of carbonyl (C=O) groups excluding carboxylic acids is 1. The van der Waals surface area contributed by atoms with Crippen molar-refractivity contribution in [1.29, 1.82) is 0 Å². The van der Waals surface area contributed by atoms with Crippen LogP contribution in [0, 0.1) is 12.3 Å². The molecule has 1 fully saturated rings. The SMILES string of the molecule is CCN(C(=O)C1(C)CCCC1)c1cc(O)ccc1C. The van der Waals surface area contributed by atoms with E-state index in [-0.39, 0.29) is 17.1 Å². The first kappa shape index (κ1) is 13.9. The van der Waals surface area contributed by atoms with Crippen molar-refractivity contribution in [3.8, 4) is 5.75 Å². The minimum Gasteiger partial charge on any atom is -0.508 e. The molecule has 19 heavy (non-hydrogen) atoms. The quantitative estimate of drug-likeness (QED) is 0.902. The van der Waals surface area contributed by atoms with Crippen LogP contribution in [-0.2, 0) is 4.79 Å². The van der Waals surface area contributed by atoms with Crippen LogP contribution in [0.25, 0.3) is 0 Å². The van der Waals surface area contributed by atoms with E-state index in [2.05, 4.69) is 6.92 Å². The lowest BCUT2D eigenvalue weighted by Gasteiger charge is -2.32. The molecular formula is C16H23NO2. The summed E-state index contributed by atoms with van der Waals surface area (Å²) in [7, 11) is 0. The molecule has 1 aromatic carbocycles. The predicted molar refractivity (Wildman–Crippen MR) is 77.4 cm³/mol. The number of anilines is 1. The smallest absolute Gasteiger partial charge is 0.232 e. The van der Waals surface area contributed by atoms with Gasteiger partial charge >= 0.3 is 0 Å². The monoisotopic (exact) mass is 261 g/mol. The number of rotatable bonds is 3. The molecule has 0 atom stereocenters. The fourth-order valence-corrected chi connectivity index (χ4v) is 3.01. The second kappa shape index (κ2) is 5.24. The first-order chi connectivity index (χ1) is 8.98. The van der Waals surface area contributed by atoms with Gasteiger partial charge in [0.1, 0.15) is 5.75 Å².